The van der Waals surface area contributed by atoms with Gasteiger partial charge in [-0.25, -0.2) is 0 Å². The van der Waals surface area contributed by atoms with Crippen LogP contribution in [0.4, 0.5) is 17.1 Å². The summed E-state index contributed by atoms with van der Waals surface area (Å²) in [5.41, 5.74) is 5.46. The lowest BCUT2D eigenvalue weighted by Gasteiger charge is -2.19. The van der Waals surface area contributed by atoms with Crippen LogP contribution in [0, 0.1) is 0 Å². The minimum atomic E-state index is -0.159. The first-order valence-electron chi connectivity index (χ1n) is 8.64. The molecule has 0 aliphatic carbocycles. The monoisotopic (exact) mass is 341 g/mol. The molecule has 1 aromatic heterocycles. The summed E-state index contributed by atoms with van der Waals surface area (Å²) in [5, 5.41) is 2.88. The molecule has 2 heterocycles. The van der Waals surface area contributed by atoms with Gasteiger partial charge in [0.15, 0.2) is 0 Å². The first kappa shape index (κ1) is 16.1. The Labute approximate surface area is 152 Å². The summed E-state index contributed by atoms with van der Waals surface area (Å²) in [6.07, 6.45) is 7.75. The summed E-state index contributed by atoms with van der Waals surface area (Å²) in [6.45, 7) is 0.985. The van der Waals surface area contributed by atoms with Crippen LogP contribution < -0.4 is 10.2 Å². The average Bonchev–Trinajstić information content (AvgIpc) is 3.12. The molecule has 0 saturated heterocycles. The lowest BCUT2D eigenvalue weighted by atomic mass is 10.2. The number of anilines is 3. The molecule has 1 aliphatic heterocycles. The molecule has 0 spiro atoms. The minimum absolute atomic E-state index is 0.159. The van der Waals surface area contributed by atoms with Crippen LogP contribution in [0.3, 0.4) is 0 Å². The van der Waals surface area contributed by atoms with Crippen molar-refractivity contribution in [2.45, 2.75) is 6.42 Å². The maximum Gasteiger partial charge on any atom is 0.248 e. The number of aromatic nitrogens is 1. The molecule has 0 fully saturated rings. The molecule has 4 heteroatoms. The van der Waals surface area contributed by atoms with Crippen molar-refractivity contribution >= 4 is 29.0 Å². The molecule has 1 N–H and O–H groups in total. The number of hydrogen-bond donors (Lipinski definition) is 1. The van der Waals surface area contributed by atoms with Gasteiger partial charge in [0.25, 0.3) is 0 Å². The second-order valence-corrected chi connectivity index (χ2v) is 6.19. The van der Waals surface area contributed by atoms with E-state index in [2.05, 4.69) is 39.5 Å². The molecular weight excluding hydrogens is 322 g/mol. The molecule has 0 radical (unpaired) electrons. The third-order valence-corrected chi connectivity index (χ3v) is 4.45. The second kappa shape index (κ2) is 7.23. The molecule has 0 saturated carbocycles. The third-order valence-electron chi connectivity index (χ3n) is 4.45. The van der Waals surface area contributed by atoms with Gasteiger partial charge in [0, 0.05) is 42.1 Å². The fourth-order valence-corrected chi connectivity index (χ4v) is 3.16. The van der Waals surface area contributed by atoms with Gasteiger partial charge in [0.2, 0.25) is 5.91 Å². The van der Waals surface area contributed by atoms with Crippen LogP contribution in [0.25, 0.3) is 6.08 Å². The number of carbonyl (C=O) groups is 1. The molecule has 26 heavy (non-hydrogen) atoms. The number of fused-ring (bicyclic) bond motifs is 1. The Balaban J connectivity index is 1.42. The fourth-order valence-electron chi connectivity index (χ4n) is 3.16. The molecule has 128 valence electrons. The molecule has 3 aromatic rings. The molecule has 4 nitrogen and oxygen atoms in total. The van der Waals surface area contributed by atoms with Gasteiger partial charge in [-0.1, -0.05) is 24.3 Å². The maximum atomic E-state index is 12.1. The van der Waals surface area contributed by atoms with Crippen LogP contribution in [0.5, 0.6) is 0 Å². The first-order valence-corrected chi connectivity index (χ1v) is 8.64. The highest BCUT2D eigenvalue weighted by Gasteiger charge is 2.19. The minimum Gasteiger partial charge on any atom is -0.341 e. The first-order chi connectivity index (χ1) is 12.8. The summed E-state index contributed by atoms with van der Waals surface area (Å²) in [4.78, 5) is 18.4. The molecule has 1 amide bonds. The Morgan fingerprint density at radius 1 is 1.04 bits per heavy atom. The van der Waals surface area contributed by atoms with Crippen LogP contribution in [0.15, 0.2) is 79.1 Å². The Hall–Kier alpha value is -3.40. The third kappa shape index (κ3) is 3.49. The fraction of sp³-hybridized carbons (Fsp3) is 0.0909. The van der Waals surface area contributed by atoms with Crippen molar-refractivity contribution in [3.63, 3.8) is 0 Å². The summed E-state index contributed by atoms with van der Waals surface area (Å²) >= 11 is 0. The molecule has 2 aromatic carbocycles. The Morgan fingerprint density at radius 3 is 2.69 bits per heavy atom. The zero-order valence-electron chi connectivity index (χ0n) is 14.3. The second-order valence-electron chi connectivity index (χ2n) is 6.19. The van der Waals surface area contributed by atoms with Gasteiger partial charge in [-0.2, -0.15) is 0 Å². The molecule has 1 aliphatic rings. The molecule has 0 unspecified atom stereocenters. The quantitative estimate of drug-likeness (QED) is 0.714. The van der Waals surface area contributed by atoms with E-state index in [1.807, 2.05) is 36.4 Å². The van der Waals surface area contributed by atoms with Crippen molar-refractivity contribution < 1.29 is 4.79 Å². The molecule has 0 atom stereocenters. The van der Waals surface area contributed by atoms with E-state index in [9.17, 15) is 4.79 Å². The van der Waals surface area contributed by atoms with Crippen LogP contribution in [0.1, 0.15) is 11.1 Å². The van der Waals surface area contributed by atoms with Crippen LogP contribution in [-0.4, -0.2) is 17.4 Å². The van der Waals surface area contributed by atoms with E-state index in [0.717, 1.165) is 29.9 Å². The van der Waals surface area contributed by atoms with Gasteiger partial charge in [-0.3, -0.25) is 9.78 Å². The number of carbonyl (C=O) groups excluding carboxylic acids is 1. The van der Waals surface area contributed by atoms with E-state index < -0.39 is 0 Å². The number of hydrogen-bond acceptors (Lipinski definition) is 3. The SMILES string of the molecule is O=C(/C=C/c1cccnc1)Nc1ccc(N2CCc3ccccc32)cc1. The Kier molecular flexibility index (Phi) is 4.48. The Morgan fingerprint density at radius 2 is 1.88 bits per heavy atom. The number of nitrogens with one attached hydrogen (secondary N) is 1. The van der Waals surface area contributed by atoms with E-state index in [1.54, 1.807) is 18.5 Å². The van der Waals surface area contributed by atoms with Gasteiger partial charge < -0.3 is 10.2 Å². The van der Waals surface area contributed by atoms with Gasteiger partial charge >= 0.3 is 0 Å². The number of amides is 1. The van der Waals surface area contributed by atoms with E-state index >= 15 is 0 Å². The van der Waals surface area contributed by atoms with Gasteiger partial charge in [0.1, 0.15) is 0 Å². The lowest BCUT2D eigenvalue weighted by Crippen LogP contribution is -2.13. The molecule has 4 rings (SSSR count). The highest BCUT2D eigenvalue weighted by molar-refractivity contribution is 6.02. The smallest absolute Gasteiger partial charge is 0.248 e. The van der Waals surface area contributed by atoms with Crippen LogP contribution in [-0.2, 0) is 11.2 Å². The zero-order chi connectivity index (χ0) is 17.8. The van der Waals surface area contributed by atoms with Crippen molar-refractivity contribution in [2.75, 3.05) is 16.8 Å². The van der Waals surface area contributed by atoms with E-state index in [1.165, 1.54) is 17.3 Å². The zero-order valence-corrected chi connectivity index (χ0v) is 14.3. The van der Waals surface area contributed by atoms with E-state index in [4.69, 9.17) is 0 Å². The largest absolute Gasteiger partial charge is 0.341 e. The predicted molar refractivity (Wildman–Crippen MR) is 105 cm³/mol. The average molecular weight is 341 g/mol. The highest BCUT2D eigenvalue weighted by atomic mass is 16.1. The maximum absolute atomic E-state index is 12.1. The number of rotatable bonds is 4. The number of benzene rings is 2. The topological polar surface area (TPSA) is 45.2 Å². The normalized spacial score (nSPS) is 13.0. The van der Waals surface area contributed by atoms with Crippen molar-refractivity contribution in [3.8, 4) is 0 Å². The van der Waals surface area contributed by atoms with Gasteiger partial charge in [0.05, 0.1) is 0 Å². The number of nitrogens with zero attached hydrogens (tertiary/aromatic N) is 2. The lowest BCUT2D eigenvalue weighted by molar-refractivity contribution is -0.111. The van der Waals surface area contributed by atoms with Crippen molar-refractivity contribution in [3.05, 3.63) is 90.3 Å². The van der Waals surface area contributed by atoms with Crippen molar-refractivity contribution in [2.24, 2.45) is 0 Å². The van der Waals surface area contributed by atoms with Gasteiger partial charge in [-0.15, -0.1) is 0 Å². The Bertz CT molecular complexity index is 933. The van der Waals surface area contributed by atoms with Crippen molar-refractivity contribution in [1.82, 2.24) is 4.98 Å². The highest BCUT2D eigenvalue weighted by Crippen LogP contribution is 2.34. The standard InChI is InChI=1S/C22H19N3O/c26-22(12-7-17-4-3-14-23-16-17)24-19-8-10-20(11-9-19)25-15-13-18-5-1-2-6-21(18)25/h1-12,14,16H,13,15H2,(H,24,26)/b12-7+. The molecule has 0 bridgehead atoms. The van der Waals surface area contributed by atoms with Gasteiger partial charge in [-0.05, 0) is 60.0 Å². The van der Waals surface area contributed by atoms with Crippen LogP contribution in [0.2, 0.25) is 0 Å². The summed E-state index contributed by atoms with van der Waals surface area (Å²) in [5.74, 6) is -0.159. The summed E-state index contributed by atoms with van der Waals surface area (Å²) < 4.78 is 0. The number of pyridine rings is 1. The summed E-state index contributed by atoms with van der Waals surface area (Å²) in [7, 11) is 0. The van der Waals surface area contributed by atoms with Crippen molar-refractivity contribution in [1.29, 1.82) is 0 Å². The summed E-state index contributed by atoms with van der Waals surface area (Å²) in [6, 6.07) is 20.2. The van der Waals surface area contributed by atoms with E-state index in [-0.39, 0.29) is 5.91 Å². The predicted octanol–water partition coefficient (Wildman–Crippen LogP) is 4.43. The van der Waals surface area contributed by atoms with Crippen LogP contribution >= 0.6 is 0 Å². The molecular formula is C22H19N3O. The van der Waals surface area contributed by atoms with E-state index in [0.29, 0.717) is 0 Å². The number of para-hydroxylation sites is 1.